The van der Waals surface area contributed by atoms with Crippen molar-refractivity contribution < 1.29 is 49.3 Å². The molecule has 1 saturated heterocycles. The molecule has 0 bridgehead atoms. The summed E-state index contributed by atoms with van der Waals surface area (Å²) >= 11 is 0. The Morgan fingerprint density at radius 1 is 0.440 bits per heavy atom. The lowest BCUT2D eigenvalue weighted by Gasteiger charge is -2.41. The minimum Gasteiger partial charge on any atom is -0.454 e. The first-order valence-electron chi connectivity index (χ1n) is 38.7. The van der Waals surface area contributed by atoms with Crippen LogP contribution in [0.2, 0.25) is 0 Å². The number of ether oxygens (including phenoxy) is 3. The summed E-state index contributed by atoms with van der Waals surface area (Å²) in [6.45, 7) is 5.73. The Labute approximate surface area is 560 Å². The Morgan fingerprint density at radius 3 is 1.19 bits per heavy atom. The van der Waals surface area contributed by atoms with Crippen LogP contribution in [0.4, 0.5) is 0 Å². The maximum atomic E-state index is 13.5. The van der Waals surface area contributed by atoms with Crippen LogP contribution >= 0.6 is 0 Å². The van der Waals surface area contributed by atoms with Crippen LogP contribution in [0.5, 0.6) is 0 Å². The molecular weight excluding hydrogens is 1130 g/mol. The van der Waals surface area contributed by atoms with Gasteiger partial charge in [0.2, 0.25) is 5.91 Å². The predicted molar refractivity (Wildman–Crippen MR) is 384 cm³/mol. The molecule has 1 rings (SSSR count). The van der Waals surface area contributed by atoms with E-state index < -0.39 is 67.4 Å². The van der Waals surface area contributed by atoms with Crippen LogP contribution in [-0.2, 0) is 23.8 Å². The van der Waals surface area contributed by atoms with Gasteiger partial charge in [0.1, 0.15) is 24.4 Å². The SMILES string of the molecule is CC/C=C\C/C=C\C/C=C\C/C=C\C/C=C\CCCCCCCCC(O)C(=O)NC(COC1OC(CO)C(O)C(O)C1OC(=O)CCCCCCCCCCCCCCCCCCCCCCCCCCCCC)C(O)/C=C/CCCCCCCCCCCCC. The first-order valence-corrected chi connectivity index (χ1v) is 38.7. The largest absolute Gasteiger partial charge is 0.454 e. The molecule has 0 aromatic carbocycles. The normalized spacial score (nSPS) is 18.4. The number of rotatable bonds is 67. The highest BCUT2D eigenvalue weighted by atomic mass is 16.7. The average molecular weight is 1280 g/mol. The molecular formula is C80H145NO10. The molecule has 1 heterocycles. The Morgan fingerprint density at radius 2 is 0.791 bits per heavy atom. The molecule has 1 fully saturated rings. The summed E-state index contributed by atoms with van der Waals surface area (Å²) in [6.07, 6.45) is 78.1. The second-order valence-corrected chi connectivity index (χ2v) is 26.7. The van der Waals surface area contributed by atoms with E-state index in [0.717, 1.165) is 109 Å². The number of carbonyl (C=O) groups is 2. The lowest BCUT2D eigenvalue weighted by Crippen LogP contribution is -2.61. The number of aliphatic hydroxyl groups excluding tert-OH is 5. The van der Waals surface area contributed by atoms with Gasteiger partial charge in [-0.15, -0.1) is 0 Å². The first kappa shape index (κ1) is 86.1. The Kier molecular flexibility index (Phi) is 63.5. The van der Waals surface area contributed by atoms with Gasteiger partial charge in [0, 0.05) is 6.42 Å². The molecule has 530 valence electrons. The van der Waals surface area contributed by atoms with Crippen molar-refractivity contribution in [3.63, 3.8) is 0 Å². The third-order valence-corrected chi connectivity index (χ3v) is 18.1. The van der Waals surface area contributed by atoms with Gasteiger partial charge < -0.3 is 45.1 Å². The zero-order valence-electron chi connectivity index (χ0n) is 59.2. The van der Waals surface area contributed by atoms with Gasteiger partial charge in [-0.25, -0.2) is 0 Å². The van der Waals surface area contributed by atoms with E-state index in [-0.39, 0.29) is 19.4 Å². The lowest BCUT2D eigenvalue weighted by molar-refractivity contribution is -0.305. The van der Waals surface area contributed by atoms with Gasteiger partial charge in [-0.3, -0.25) is 9.59 Å². The van der Waals surface area contributed by atoms with Crippen molar-refractivity contribution >= 4 is 11.9 Å². The van der Waals surface area contributed by atoms with Gasteiger partial charge in [-0.05, 0) is 70.6 Å². The highest BCUT2D eigenvalue weighted by molar-refractivity contribution is 5.80. The monoisotopic (exact) mass is 1280 g/mol. The standard InChI is InChI=1S/C80H145NO10/c1-4-7-10-13-16-19-22-25-27-29-31-33-35-36-37-38-39-41-43-45-47-50-53-56-59-62-65-68-75(85)91-78-77(87)76(86)74(69-82)90-80(78)89-70-71(72(83)66-63-60-57-54-51-48-24-21-18-15-12-9-6-3)81-79(88)73(84)67-64-61-58-55-52-49-46-44-42-40-34-32-30-28-26-23-20-17-14-11-8-5-2/h8,11,17,20,26,28,32,34,42,44,63,66,71-74,76-78,80,82-84,86-87H,4-7,9-10,12-16,18-19,21-25,27,29-31,33,35-41,43,45-62,64-65,67-70H2,1-3H3,(H,81,88)/b11-8-,20-17-,28-26-,34-32-,44-42-,66-63+. The van der Waals surface area contributed by atoms with Crippen molar-refractivity contribution in [2.45, 2.75) is 410 Å². The summed E-state index contributed by atoms with van der Waals surface area (Å²) in [5.41, 5.74) is 0. The molecule has 1 amide bonds. The van der Waals surface area contributed by atoms with Gasteiger partial charge in [-0.2, -0.15) is 0 Å². The third-order valence-electron chi connectivity index (χ3n) is 18.1. The molecule has 0 aromatic heterocycles. The van der Waals surface area contributed by atoms with Gasteiger partial charge in [0.25, 0.3) is 0 Å². The molecule has 8 unspecified atom stereocenters. The molecule has 11 heteroatoms. The molecule has 1 aliphatic rings. The summed E-state index contributed by atoms with van der Waals surface area (Å²) in [7, 11) is 0. The molecule has 0 saturated carbocycles. The molecule has 0 aliphatic carbocycles. The van der Waals surface area contributed by atoms with E-state index in [0.29, 0.717) is 12.8 Å². The molecule has 0 aromatic rings. The van der Waals surface area contributed by atoms with Gasteiger partial charge in [0.05, 0.1) is 25.4 Å². The van der Waals surface area contributed by atoms with Crippen LogP contribution in [0.15, 0.2) is 72.9 Å². The fourth-order valence-corrected chi connectivity index (χ4v) is 12.1. The number of amides is 1. The number of aliphatic hydroxyl groups is 5. The molecule has 91 heavy (non-hydrogen) atoms. The summed E-state index contributed by atoms with van der Waals surface area (Å²) in [5.74, 6) is -1.19. The van der Waals surface area contributed by atoms with Crippen LogP contribution in [0.25, 0.3) is 0 Å². The Bertz CT molecular complexity index is 1760. The highest BCUT2D eigenvalue weighted by Crippen LogP contribution is 2.27. The van der Waals surface area contributed by atoms with Crippen molar-refractivity contribution in [3.8, 4) is 0 Å². The quantitative estimate of drug-likeness (QED) is 0.0195. The van der Waals surface area contributed by atoms with E-state index in [1.807, 2.05) is 6.08 Å². The second-order valence-electron chi connectivity index (χ2n) is 26.7. The number of allylic oxidation sites excluding steroid dienone is 11. The zero-order valence-corrected chi connectivity index (χ0v) is 59.2. The third kappa shape index (κ3) is 54.0. The molecule has 11 nitrogen and oxygen atoms in total. The minimum atomic E-state index is -1.62. The molecule has 1 aliphatic heterocycles. The average Bonchev–Trinajstić information content (AvgIpc) is 1.05. The summed E-state index contributed by atoms with van der Waals surface area (Å²) in [4.78, 5) is 26.8. The second kappa shape index (κ2) is 67.1. The Hall–Kier alpha value is -2.90. The molecule has 6 N–H and O–H groups in total. The zero-order chi connectivity index (χ0) is 66.0. The van der Waals surface area contributed by atoms with Crippen molar-refractivity contribution in [1.82, 2.24) is 5.32 Å². The lowest BCUT2D eigenvalue weighted by atomic mass is 9.99. The number of nitrogens with one attached hydrogen (secondary N) is 1. The fourth-order valence-electron chi connectivity index (χ4n) is 12.1. The molecule has 0 spiro atoms. The van der Waals surface area contributed by atoms with Crippen LogP contribution in [0.3, 0.4) is 0 Å². The number of esters is 1. The minimum absolute atomic E-state index is 0.125. The maximum absolute atomic E-state index is 13.5. The number of hydrogen-bond donors (Lipinski definition) is 6. The smallest absolute Gasteiger partial charge is 0.306 e. The van der Waals surface area contributed by atoms with Crippen LogP contribution in [-0.4, -0.2) is 99.6 Å². The number of carbonyl (C=O) groups excluding carboxylic acids is 2. The van der Waals surface area contributed by atoms with Gasteiger partial charge in [-0.1, -0.05) is 357 Å². The summed E-state index contributed by atoms with van der Waals surface area (Å²) in [5, 5.41) is 57.4. The van der Waals surface area contributed by atoms with Crippen molar-refractivity contribution in [2.24, 2.45) is 0 Å². The van der Waals surface area contributed by atoms with E-state index in [1.165, 1.54) is 205 Å². The highest BCUT2D eigenvalue weighted by Gasteiger charge is 2.47. The van der Waals surface area contributed by atoms with Gasteiger partial charge >= 0.3 is 5.97 Å². The van der Waals surface area contributed by atoms with E-state index in [1.54, 1.807) is 6.08 Å². The van der Waals surface area contributed by atoms with E-state index in [4.69, 9.17) is 14.2 Å². The van der Waals surface area contributed by atoms with Crippen molar-refractivity contribution in [2.75, 3.05) is 13.2 Å². The van der Waals surface area contributed by atoms with Crippen LogP contribution in [0.1, 0.15) is 361 Å². The first-order chi connectivity index (χ1) is 44.7. The number of hydrogen-bond acceptors (Lipinski definition) is 10. The predicted octanol–water partition coefficient (Wildman–Crippen LogP) is 20.6. The molecule has 0 radical (unpaired) electrons. The summed E-state index contributed by atoms with van der Waals surface area (Å²) in [6, 6.07) is -1.03. The fraction of sp³-hybridized carbons (Fsp3) is 0.825. The molecule has 8 atom stereocenters. The maximum Gasteiger partial charge on any atom is 0.306 e. The van der Waals surface area contributed by atoms with Crippen LogP contribution < -0.4 is 5.32 Å². The van der Waals surface area contributed by atoms with E-state index >= 15 is 0 Å². The van der Waals surface area contributed by atoms with Crippen molar-refractivity contribution in [1.29, 1.82) is 0 Å². The van der Waals surface area contributed by atoms with Gasteiger partial charge in [0.15, 0.2) is 12.4 Å². The van der Waals surface area contributed by atoms with Crippen molar-refractivity contribution in [3.05, 3.63) is 72.9 Å². The number of unbranched alkanes of at least 4 members (excludes halogenated alkanes) is 43. The topological polar surface area (TPSA) is 175 Å². The van der Waals surface area contributed by atoms with E-state index in [9.17, 15) is 35.1 Å². The Balaban J connectivity index is 2.53. The van der Waals surface area contributed by atoms with Crippen LogP contribution in [0, 0.1) is 0 Å². The van der Waals surface area contributed by atoms with E-state index in [2.05, 4.69) is 86.8 Å². The summed E-state index contributed by atoms with van der Waals surface area (Å²) < 4.78 is 17.7.